The van der Waals surface area contributed by atoms with Gasteiger partial charge in [0, 0.05) is 18.4 Å². The lowest BCUT2D eigenvalue weighted by Gasteiger charge is -2.27. The molecule has 1 amide bonds. The Morgan fingerprint density at radius 3 is 3.00 bits per heavy atom. The van der Waals surface area contributed by atoms with Crippen LogP contribution in [-0.2, 0) is 4.74 Å². The molecule has 0 saturated carbocycles. The highest BCUT2D eigenvalue weighted by Gasteiger charge is 2.27. The number of hydrogen-bond acceptors (Lipinski definition) is 4. The maximum atomic E-state index is 10.9. The van der Waals surface area contributed by atoms with Gasteiger partial charge in [-0.05, 0) is 12.5 Å². The van der Waals surface area contributed by atoms with E-state index in [2.05, 4.69) is 5.92 Å². The van der Waals surface area contributed by atoms with E-state index in [1.165, 1.54) is 0 Å². The molecule has 5 nitrogen and oxygen atoms in total. The van der Waals surface area contributed by atoms with Crippen molar-refractivity contribution in [1.29, 1.82) is 0 Å². The first-order chi connectivity index (χ1) is 7.08. The Labute approximate surface area is 88.3 Å². The van der Waals surface area contributed by atoms with Gasteiger partial charge in [0.05, 0.1) is 6.10 Å². The molecule has 0 aromatic heterocycles. The second-order valence-corrected chi connectivity index (χ2v) is 3.43. The van der Waals surface area contributed by atoms with Crippen LogP contribution in [0.25, 0.3) is 0 Å². The fourth-order valence-corrected chi connectivity index (χ4v) is 1.55. The number of hydrogen-bond donors (Lipinski definition) is 3. The maximum absolute atomic E-state index is 10.9. The first-order valence-electron chi connectivity index (χ1n) is 4.60. The Kier molecular flexibility index (Phi) is 3.72. The highest BCUT2D eigenvalue weighted by molar-refractivity contribution is 5.66. The molecule has 15 heavy (non-hydrogen) atoms. The van der Waals surface area contributed by atoms with Crippen LogP contribution in [0, 0.1) is 12.3 Å². The number of nitrogens with two attached hydrogens (primary N) is 1. The van der Waals surface area contributed by atoms with Gasteiger partial charge >= 0.3 is 6.09 Å². The number of aliphatic hydroxyl groups is 1. The molecule has 2 atom stereocenters. The number of carbonyl (C=O) groups is 1. The standard InChI is InChI=1S/C10H14N2O3/c1-3-7-4-8(15-10(14)12-11)5-9(13)6(7)2/h1,8-9,13H,4-5,11H2,2H3,(H,12,14)/t8-,9-/m0/s1. The van der Waals surface area contributed by atoms with Crippen molar-refractivity contribution in [2.75, 3.05) is 0 Å². The molecule has 5 heteroatoms. The minimum Gasteiger partial charge on any atom is -0.445 e. The van der Waals surface area contributed by atoms with Gasteiger partial charge in [0.1, 0.15) is 6.10 Å². The summed E-state index contributed by atoms with van der Waals surface area (Å²) >= 11 is 0. The molecule has 1 rings (SSSR count). The monoisotopic (exact) mass is 210 g/mol. The van der Waals surface area contributed by atoms with Gasteiger partial charge < -0.3 is 9.84 Å². The van der Waals surface area contributed by atoms with E-state index >= 15 is 0 Å². The highest BCUT2D eigenvalue weighted by atomic mass is 16.6. The van der Waals surface area contributed by atoms with Crippen LogP contribution in [0.15, 0.2) is 11.1 Å². The first kappa shape index (κ1) is 11.6. The van der Waals surface area contributed by atoms with E-state index in [4.69, 9.17) is 17.0 Å². The van der Waals surface area contributed by atoms with Gasteiger partial charge in [-0.15, -0.1) is 6.42 Å². The molecular weight excluding hydrogens is 196 g/mol. The summed E-state index contributed by atoms with van der Waals surface area (Å²) in [5.41, 5.74) is 3.31. The second-order valence-electron chi connectivity index (χ2n) is 3.43. The zero-order valence-electron chi connectivity index (χ0n) is 8.49. The molecule has 1 aliphatic carbocycles. The third kappa shape index (κ3) is 2.72. The molecule has 0 bridgehead atoms. The second kappa shape index (κ2) is 4.82. The van der Waals surface area contributed by atoms with Gasteiger partial charge in [0.15, 0.2) is 0 Å². The molecule has 0 heterocycles. The van der Waals surface area contributed by atoms with E-state index in [-0.39, 0.29) is 0 Å². The zero-order valence-corrected chi connectivity index (χ0v) is 8.49. The van der Waals surface area contributed by atoms with E-state index in [0.717, 1.165) is 5.57 Å². The summed E-state index contributed by atoms with van der Waals surface area (Å²) in [6, 6.07) is 0. The molecule has 4 N–H and O–H groups in total. The van der Waals surface area contributed by atoms with Crippen molar-refractivity contribution in [2.45, 2.75) is 32.0 Å². The van der Waals surface area contributed by atoms with E-state index in [1.807, 2.05) is 5.43 Å². The predicted octanol–water partition coefficient (Wildman–Crippen LogP) is 0.0593. The average molecular weight is 210 g/mol. The number of ether oxygens (including phenoxy) is 1. The minimum absolute atomic E-state index is 0.352. The van der Waals surface area contributed by atoms with Crippen LogP contribution in [-0.4, -0.2) is 23.4 Å². The number of amides is 1. The topological polar surface area (TPSA) is 84.6 Å². The minimum atomic E-state index is -0.719. The average Bonchev–Trinajstić information content (AvgIpc) is 2.22. The van der Waals surface area contributed by atoms with Crippen molar-refractivity contribution in [1.82, 2.24) is 5.43 Å². The van der Waals surface area contributed by atoms with Crippen molar-refractivity contribution in [3.63, 3.8) is 0 Å². The maximum Gasteiger partial charge on any atom is 0.421 e. The van der Waals surface area contributed by atoms with Gasteiger partial charge in [-0.25, -0.2) is 10.6 Å². The first-order valence-corrected chi connectivity index (χ1v) is 4.60. The summed E-state index contributed by atoms with van der Waals surface area (Å²) in [6.45, 7) is 1.78. The Bertz CT molecular complexity index is 330. The van der Waals surface area contributed by atoms with Crippen LogP contribution in [0.2, 0.25) is 0 Å². The van der Waals surface area contributed by atoms with Gasteiger partial charge in [0.25, 0.3) is 0 Å². The molecule has 0 aromatic carbocycles. The number of rotatable bonds is 1. The van der Waals surface area contributed by atoms with Crippen molar-refractivity contribution in [2.24, 2.45) is 5.84 Å². The highest BCUT2D eigenvalue weighted by Crippen LogP contribution is 2.26. The van der Waals surface area contributed by atoms with Crippen LogP contribution >= 0.6 is 0 Å². The normalized spacial score (nSPS) is 25.7. The quantitative estimate of drug-likeness (QED) is 0.247. The smallest absolute Gasteiger partial charge is 0.421 e. The summed E-state index contributed by atoms with van der Waals surface area (Å²) in [5, 5.41) is 9.64. The molecular formula is C10H14N2O3. The lowest BCUT2D eigenvalue weighted by atomic mass is 9.89. The van der Waals surface area contributed by atoms with Gasteiger partial charge in [-0.1, -0.05) is 5.92 Å². The number of carbonyl (C=O) groups excluding carboxylic acids is 1. The van der Waals surface area contributed by atoms with Crippen molar-refractivity contribution in [3.8, 4) is 12.3 Å². The van der Waals surface area contributed by atoms with E-state index in [1.54, 1.807) is 6.92 Å². The Hall–Kier alpha value is -1.51. The molecule has 0 saturated heterocycles. The largest absolute Gasteiger partial charge is 0.445 e. The zero-order chi connectivity index (χ0) is 11.4. The third-order valence-corrected chi connectivity index (χ3v) is 2.46. The summed E-state index contributed by atoms with van der Waals surface area (Å²) in [6.07, 6.45) is 4.29. The van der Waals surface area contributed by atoms with Crippen molar-refractivity contribution in [3.05, 3.63) is 11.1 Å². The lowest BCUT2D eigenvalue weighted by molar-refractivity contribution is 0.0572. The van der Waals surface area contributed by atoms with Crippen molar-refractivity contribution < 1.29 is 14.6 Å². The number of hydrazine groups is 1. The predicted molar refractivity (Wildman–Crippen MR) is 54.4 cm³/mol. The number of nitrogens with one attached hydrogen (secondary N) is 1. The van der Waals surface area contributed by atoms with Crippen LogP contribution < -0.4 is 11.3 Å². The summed E-state index contributed by atoms with van der Waals surface area (Å²) in [4.78, 5) is 10.9. The summed E-state index contributed by atoms with van der Waals surface area (Å²) < 4.78 is 4.93. The molecule has 1 aliphatic rings. The molecule has 0 radical (unpaired) electrons. The fourth-order valence-electron chi connectivity index (χ4n) is 1.55. The molecule has 0 spiro atoms. The third-order valence-electron chi connectivity index (χ3n) is 2.46. The number of aliphatic hydroxyl groups excluding tert-OH is 1. The molecule has 0 fully saturated rings. The van der Waals surface area contributed by atoms with Crippen LogP contribution in [0.3, 0.4) is 0 Å². The van der Waals surface area contributed by atoms with Gasteiger partial charge in [0.2, 0.25) is 0 Å². The molecule has 0 aliphatic heterocycles. The van der Waals surface area contributed by atoms with Gasteiger partial charge in [-0.3, -0.25) is 5.43 Å². The molecule has 0 unspecified atom stereocenters. The van der Waals surface area contributed by atoms with Crippen LogP contribution in [0.5, 0.6) is 0 Å². The Morgan fingerprint density at radius 2 is 2.47 bits per heavy atom. The summed E-state index contributed by atoms with van der Waals surface area (Å²) in [7, 11) is 0. The van der Waals surface area contributed by atoms with Gasteiger partial charge in [-0.2, -0.15) is 0 Å². The Balaban J connectivity index is 2.69. The van der Waals surface area contributed by atoms with Crippen molar-refractivity contribution >= 4 is 6.09 Å². The number of terminal acetylenes is 1. The van der Waals surface area contributed by atoms with E-state index < -0.39 is 18.3 Å². The SMILES string of the molecule is C#CC1=C(C)[C@@H](O)C[C@@H](OC(=O)NN)C1. The Morgan fingerprint density at radius 1 is 1.80 bits per heavy atom. The lowest BCUT2D eigenvalue weighted by Crippen LogP contribution is -2.37. The molecule has 0 aromatic rings. The van der Waals surface area contributed by atoms with E-state index in [0.29, 0.717) is 18.4 Å². The van der Waals surface area contributed by atoms with E-state index in [9.17, 15) is 9.90 Å². The summed E-state index contributed by atoms with van der Waals surface area (Å²) in [5.74, 6) is 7.36. The molecule has 82 valence electrons. The van der Waals surface area contributed by atoms with Crippen LogP contribution in [0.1, 0.15) is 19.8 Å². The van der Waals surface area contributed by atoms with Crippen LogP contribution in [0.4, 0.5) is 4.79 Å². The fraction of sp³-hybridized carbons (Fsp3) is 0.500.